The van der Waals surface area contributed by atoms with Gasteiger partial charge in [0, 0.05) is 12.8 Å². The monoisotopic (exact) mass is 306 g/mol. The van der Waals surface area contributed by atoms with Crippen LogP contribution < -0.4 is 0 Å². The van der Waals surface area contributed by atoms with Crippen LogP contribution in [0.3, 0.4) is 0 Å². The first-order valence-corrected chi connectivity index (χ1v) is 9.24. The molecule has 0 aromatic rings. The van der Waals surface area contributed by atoms with Crippen molar-refractivity contribution in [1.82, 2.24) is 0 Å². The normalized spacial score (nSPS) is 53.5. The van der Waals surface area contributed by atoms with Gasteiger partial charge in [0.2, 0.25) is 5.79 Å². The first-order chi connectivity index (χ1) is 10.3. The highest BCUT2D eigenvalue weighted by atomic mass is 16.5. The molecule has 124 valence electrons. The molecule has 0 aromatic heterocycles. The number of hydrogen-bond acceptors (Lipinski definition) is 3. The highest BCUT2D eigenvalue weighted by molar-refractivity contribution is 5.86. The molecule has 22 heavy (non-hydrogen) atoms. The van der Waals surface area contributed by atoms with Gasteiger partial charge in [0.1, 0.15) is 0 Å². The van der Waals surface area contributed by atoms with Crippen LogP contribution in [0.25, 0.3) is 0 Å². The molecular weight excluding hydrogens is 276 g/mol. The Morgan fingerprint density at radius 2 is 1.77 bits per heavy atom. The van der Waals surface area contributed by atoms with Crippen molar-refractivity contribution < 1.29 is 15.0 Å². The van der Waals surface area contributed by atoms with E-state index in [0.717, 1.165) is 18.3 Å². The van der Waals surface area contributed by atoms with Crippen LogP contribution in [0.5, 0.6) is 0 Å². The zero-order chi connectivity index (χ0) is 15.8. The summed E-state index contributed by atoms with van der Waals surface area (Å²) in [6, 6.07) is 0. The maximum absolute atomic E-state index is 12.0. The summed E-state index contributed by atoms with van der Waals surface area (Å²) in [5.74, 6) is 0.0762. The molecule has 0 aliphatic heterocycles. The van der Waals surface area contributed by atoms with Crippen molar-refractivity contribution in [3.05, 3.63) is 0 Å². The zero-order valence-electron chi connectivity index (χ0n) is 14.0. The van der Waals surface area contributed by atoms with Crippen molar-refractivity contribution >= 4 is 5.78 Å². The molecule has 1 unspecified atom stereocenters. The standard InChI is InChI=1S/C19H30O3/c1-17-8-3-4-14(17)13-6-5-12-10-16(20)19(21,22)11-18(12,2)15(13)7-9-17/h12-15,21-22H,3-11H2,1-2H3/t12?,13-,14-,15-,17-,18-/m0/s1. The topological polar surface area (TPSA) is 57.5 Å². The average Bonchev–Trinajstić information content (AvgIpc) is 2.82. The maximum atomic E-state index is 12.0. The molecule has 4 aliphatic rings. The molecule has 0 saturated heterocycles. The predicted molar refractivity (Wildman–Crippen MR) is 83.9 cm³/mol. The smallest absolute Gasteiger partial charge is 0.224 e. The van der Waals surface area contributed by atoms with E-state index >= 15 is 0 Å². The van der Waals surface area contributed by atoms with Gasteiger partial charge in [0.05, 0.1) is 0 Å². The van der Waals surface area contributed by atoms with Gasteiger partial charge < -0.3 is 10.2 Å². The molecule has 0 radical (unpaired) electrons. The lowest BCUT2D eigenvalue weighted by atomic mass is 9.45. The molecular formula is C19H30O3. The second-order valence-electron chi connectivity index (χ2n) is 9.36. The third kappa shape index (κ3) is 1.91. The lowest BCUT2D eigenvalue weighted by Crippen LogP contribution is -2.59. The van der Waals surface area contributed by atoms with Gasteiger partial charge in [0.15, 0.2) is 5.78 Å². The lowest BCUT2D eigenvalue weighted by Gasteiger charge is -2.60. The fraction of sp³-hybridized carbons (Fsp3) is 0.947. The van der Waals surface area contributed by atoms with Crippen molar-refractivity contribution in [3.8, 4) is 0 Å². The van der Waals surface area contributed by atoms with Gasteiger partial charge in [-0.3, -0.25) is 4.79 Å². The Bertz CT molecular complexity index is 499. The van der Waals surface area contributed by atoms with Crippen LogP contribution in [0.4, 0.5) is 0 Å². The van der Waals surface area contributed by atoms with Gasteiger partial charge in [0.25, 0.3) is 0 Å². The fourth-order valence-corrected chi connectivity index (χ4v) is 7.16. The number of carbonyl (C=O) groups excluding carboxylic acids is 1. The summed E-state index contributed by atoms with van der Waals surface area (Å²) in [5, 5.41) is 20.4. The van der Waals surface area contributed by atoms with Crippen molar-refractivity contribution in [1.29, 1.82) is 0 Å². The van der Waals surface area contributed by atoms with Gasteiger partial charge in [-0.25, -0.2) is 0 Å². The van der Waals surface area contributed by atoms with Crippen LogP contribution in [-0.4, -0.2) is 21.8 Å². The van der Waals surface area contributed by atoms with E-state index in [-0.39, 0.29) is 17.6 Å². The predicted octanol–water partition coefficient (Wildman–Crippen LogP) is 3.28. The summed E-state index contributed by atoms with van der Waals surface area (Å²) < 4.78 is 0. The molecule has 4 aliphatic carbocycles. The second-order valence-corrected chi connectivity index (χ2v) is 9.36. The average molecular weight is 306 g/mol. The minimum atomic E-state index is -2.08. The summed E-state index contributed by atoms with van der Waals surface area (Å²) in [5.41, 5.74) is 0.467. The Morgan fingerprint density at radius 1 is 1.00 bits per heavy atom. The van der Waals surface area contributed by atoms with Gasteiger partial charge in [-0.1, -0.05) is 20.3 Å². The number of hydrogen-bond donors (Lipinski definition) is 2. The van der Waals surface area contributed by atoms with E-state index in [1.165, 1.54) is 38.5 Å². The first kappa shape index (κ1) is 15.1. The van der Waals surface area contributed by atoms with E-state index in [0.29, 0.717) is 23.7 Å². The Kier molecular flexibility index (Phi) is 3.14. The summed E-state index contributed by atoms with van der Waals surface area (Å²) in [7, 11) is 0. The molecule has 6 atom stereocenters. The van der Waals surface area contributed by atoms with Crippen LogP contribution in [0.2, 0.25) is 0 Å². The zero-order valence-corrected chi connectivity index (χ0v) is 14.0. The molecule has 0 heterocycles. The third-order valence-electron chi connectivity index (χ3n) is 8.35. The number of rotatable bonds is 0. The number of aliphatic hydroxyl groups is 2. The van der Waals surface area contributed by atoms with Crippen LogP contribution in [0, 0.1) is 34.5 Å². The molecule has 0 amide bonds. The molecule has 4 saturated carbocycles. The first-order valence-electron chi connectivity index (χ1n) is 9.24. The van der Waals surface area contributed by atoms with Crippen LogP contribution in [0.15, 0.2) is 0 Å². The number of fused-ring (bicyclic) bond motifs is 5. The van der Waals surface area contributed by atoms with Gasteiger partial charge >= 0.3 is 0 Å². The van der Waals surface area contributed by atoms with Gasteiger partial charge in [-0.2, -0.15) is 0 Å². The van der Waals surface area contributed by atoms with E-state index in [2.05, 4.69) is 13.8 Å². The summed E-state index contributed by atoms with van der Waals surface area (Å²) in [6.07, 6.45) is 9.60. The highest BCUT2D eigenvalue weighted by Gasteiger charge is 2.61. The minimum Gasteiger partial charge on any atom is -0.360 e. The van der Waals surface area contributed by atoms with E-state index in [1.807, 2.05) is 0 Å². The SMILES string of the molecule is C[C@@]12CCC[C@H]1[C@@H]1CCC3CC(=O)C(O)(O)C[C@]3(C)[C@H]1CC2. The molecule has 4 fully saturated rings. The fourth-order valence-electron chi connectivity index (χ4n) is 7.16. The summed E-state index contributed by atoms with van der Waals surface area (Å²) >= 11 is 0. The van der Waals surface area contributed by atoms with E-state index in [9.17, 15) is 15.0 Å². The minimum absolute atomic E-state index is 0.0652. The molecule has 0 bridgehead atoms. The van der Waals surface area contributed by atoms with Crippen LogP contribution in [0.1, 0.15) is 71.6 Å². The van der Waals surface area contributed by atoms with Gasteiger partial charge in [-0.05, 0) is 73.0 Å². The summed E-state index contributed by atoms with van der Waals surface area (Å²) in [4.78, 5) is 12.0. The Hall–Kier alpha value is -0.410. The number of carbonyl (C=O) groups is 1. The Morgan fingerprint density at radius 3 is 2.55 bits per heavy atom. The molecule has 3 nitrogen and oxygen atoms in total. The van der Waals surface area contributed by atoms with E-state index < -0.39 is 5.79 Å². The Balaban J connectivity index is 1.67. The van der Waals surface area contributed by atoms with Crippen molar-refractivity contribution in [2.75, 3.05) is 0 Å². The number of ketones is 1. The Labute approximate surface area is 133 Å². The molecule has 0 spiro atoms. The van der Waals surface area contributed by atoms with E-state index in [4.69, 9.17) is 0 Å². The quantitative estimate of drug-likeness (QED) is 0.675. The third-order valence-corrected chi connectivity index (χ3v) is 8.35. The van der Waals surface area contributed by atoms with Crippen molar-refractivity contribution in [2.45, 2.75) is 77.4 Å². The molecule has 0 aromatic carbocycles. The number of Topliss-reactive ketones (excluding diaryl/α,β-unsaturated/α-hetero) is 1. The highest BCUT2D eigenvalue weighted by Crippen LogP contribution is 2.66. The molecule has 3 heteroatoms. The maximum Gasteiger partial charge on any atom is 0.224 e. The molecule has 2 N–H and O–H groups in total. The largest absolute Gasteiger partial charge is 0.360 e. The van der Waals surface area contributed by atoms with Crippen LogP contribution >= 0.6 is 0 Å². The van der Waals surface area contributed by atoms with Crippen molar-refractivity contribution in [3.63, 3.8) is 0 Å². The second kappa shape index (κ2) is 4.57. The molecule has 4 rings (SSSR count). The van der Waals surface area contributed by atoms with Gasteiger partial charge in [-0.15, -0.1) is 0 Å². The lowest BCUT2D eigenvalue weighted by molar-refractivity contribution is -0.228. The van der Waals surface area contributed by atoms with Crippen LogP contribution in [-0.2, 0) is 4.79 Å². The van der Waals surface area contributed by atoms with E-state index in [1.54, 1.807) is 0 Å². The van der Waals surface area contributed by atoms with Crippen molar-refractivity contribution in [2.24, 2.45) is 34.5 Å². The summed E-state index contributed by atoms with van der Waals surface area (Å²) in [6.45, 7) is 4.74.